The number of aliphatic hydroxyl groups is 1. The predicted octanol–water partition coefficient (Wildman–Crippen LogP) is 5.72. The van der Waals surface area contributed by atoms with Gasteiger partial charge in [-0.25, -0.2) is 9.37 Å². The molecule has 170 valence electrons. The number of rotatable bonds is 4. The molecule has 1 fully saturated rings. The van der Waals surface area contributed by atoms with E-state index in [1.165, 1.54) is 30.2 Å². The number of thiazole rings is 1. The van der Waals surface area contributed by atoms with Gasteiger partial charge in [-0.15, -0.1) is 0 Å². The van der Waals surface area contributed by atoms with Crippen LogP contribution < -0.4 is 9.64 Å². The average molecular weight is 495 g/mol. The maximum atomic E-state index is 13.7. The molecule has 3 aromatic carbocycles. The highest BCUT2D eigenvalue weighted by molar-refractivity contribution is 7.22. The van der Waals surface area contributed by atoms with Crippen LogP contribution in [0.15, 0.2) is 72.3 Å². The molecule has 1 atom stereocenters. The van der Waals surface area contributed by atoms with Crippen molar-refractivity contribution in [3.05, 3.63) is 94.3 Å². The summed E-state index contributed by atoms with van der Waals surface area (Å²) >= 11 is 7.29. The quantitative estimate of drug-likeness (QED) is 0.223. The van der Waals surface area contributed by atoms with E-state index >= 15 is 0 Å². The van der Waals surface area contributed by atoms with Gasteiger partial charge in [-0.1, -0.05) is 35.1 Å². The molecule has 2 heterocycles. The van der Waals surface area contributed by atoms with Crippen LogP contribution in [0, 0.1) is 5.82 Å². The number of Topliss-reactive ketones (excluding diaryl/α,β-unsaturated/α-hetero) is 1. The largest absolute Gasteiger partial charge is 0.507 e. The standard InChI is InChI=1S/C25H16ClFN2O4S/c1-33-17-8-5-13(6-9-17)22(30)20-21(14-3-2-4-15(26)11-14)29(24(32)23(20)31)25-28-18-10-7-16(27)12-19(18)34-25/h2-12,21,30H,1H3. The first kappa shape index (κ1) is 22.1. The minimum absolute atomic E-state index is 0.0946. The highest BCUT2D eigenvalue weighted by atomic mass is 35.5. The summed E-state index contributed by atoms with van der Waals surface area (Å²) in [6.45, 7) is 0. The van der Waals surface area contributed by atoms with E-state index in [0.29, 0.717) is 32.1 Å². The van der Waals surface area contributed by atoms with Crippen LogP contribution in [-0.2, 0) is 9.59 Å². The van der Waals surface area contributed by atoms with E-state index in [1.807, 2.05) is 0 Å². The summed E-state index contributed by atoms with van der Waals surface area (Å²) in [5.41, 5.74) is 1.26. The summed E-state index contributed by atoms with van der Waals surface area (Å²) in [7, 11) is 1.52. The second-order valence-electron chi connectivity index (χ2n) is 7.56. The fourth-order valence-electron chi connectivity index (χ4n) is 3.92. The number of ketones is 1. The van der Waals surface area contributed by atoms with Crippen LogP contribution in [0.3, 0.4) is 0 Å². The summed E-state index contributed by atoms with van der Waals surface area (Å²) in [6, 6.07) is 16.3. The van der Waals surface area contributed by atoms with Crippen molar-refractivity contribution < 1.29 is 23.8 Å². The van der Waals surface area contributed by atoms with Gasteiger partial charge in [-0.3, -0.25) is 14.5 Å². The normalized spacial score (nSPS) is 17.5. The molecule has 1 amide bonds. The van der Waals surface area contributed by atoms with Crippen LogP contribution in [0.25, 0.3) is 16.0 Å². The van der Waals surface area contributed by atoms with Gasteiger partial charge in [0.1, 0.15) is 17.3 Å². The van der Waals surface area contributed by atoms with E-state index in [9.17, 15) is 19.1 Å². The highest BCUT2D eigenvalue weighted by Crippen LogP contribution is 2.44. The van der Waals surface area contributed by atoms with Gasteiger partial charge < -0.3 is 9.84 Å². The van der Waals surface area contributed by atoms with Crippen LogP contribution in [0.4, 0.5) is 9.52 Å². The first-order valence-electron chi connectivity index (χ1n) is 10.1. The van der Waals surface area contributed by atoms with Gasteiger partial charge >= 0.3 is 5.91 Å². The molecule has 0 bridgehead atoms. The number of anilines is 1. The summed E-state index contributed by atoms with van der Waals surface area (Å²) in [5, 5.41) is 11.8. The summed E-state index contributed by atoms with van der Waals surface area (Å²) in [6.07, 6.45) is 0. The number of benzene rings is 3. The van der Waals surface area contributed by atoms with Gasteiger partial charge in [-0.05, 0) is 60.2 Å². The van der Waals surface area contributed by atoms with Gasteiger partial charge in [0, 0.05) is 10.6 Å². The molecule has 1 aliphatic heterocycles. The molecule has 1 N–H and O–H groups in total. The maximum absolute atomic E-state index is 13.7. The number of hydrogen-bond acceptors (Lipinski definition) is 6. The molecule has 1 unspecified atom stereocenters. The van der Waals surface area contributed by atoms with Gasteiger partial charge in [0.25, 0.3) is 5.78 Å². The molecule has 34 heavy (non-hydrogen) atoms. The molecular formula is C25H16ClFN2O4S. The van der Waals surface area contributed by atoms with Gasteiger partial charge in [-0.2, -0.15) is 0 Å². The molecule has 5 rings (SSSR count). The summed E-state index contributed by atoms with van der Waals surface area (Å²) in [4.78, 5) is 32.1. The van der Waals surface area contributed by atoms with Gasteiger partial charge in [0.15, 0.2) is 5.13 Å². The van der Waals surface area contributed by atoms with Gasteiger partial charge in [0.2, 0.25) is 0 Å². The van der Waals surface area contributed by atoms with Crippen molar-refractivity contribution in [1.29, 1.82) is 0 Å². The third kappa shape index (κ3) is 3.70. The van der Waals surface area contributed by atoms with Crippen LogP contribution in [0.5, 0.6) is 5.75 Å². The topological polar surface area (TPSA) is 79.7 Å². The van der Waals surface area contributed by atoms with Crippen molar-refractivity contribution in [2.45, 2.75) is 6.04 Å². The maximum Gasteiger partial charge on any atom is 0.301 e. The SMILES string of the molecule is COc1ccc(C(O)=C2C(=O)C(=O)N(c3nc4ccc(F)cc4s3)C2c2cccc(Cl)c2)cc1. The number of fused-ring (bicyclic) bond motifs is 1. The van der Waals surface area contributed by atoms with Crippen LogP contribution in [0.2, 0.25) is 5.02 Å². The molecular weight excluding hydrogens is 479 g/mol. The second kappa shape index (κ2) is 8.55. The molecule has 0 saturated carbocycles. The van der Waals surface area contributed by atoms with E-state index in [1.54, 1.807) is 48.5 Å². The van der Waals surface area contributed by atoms with Crippen molar-refractivity contribution in [2.75, 3.05) is 12.0 Å². The number of carbonyl (C=O) groups is 2. The van der Waals surface area contributed by atoms with Crippen molar-refractivity contribution in [3.63, 3.8) is 0 Å². The zero-order chi connectivity index (χ0) is 24.0. The van der Waals surface area contributed by atoms with Crippen molar-refractivity contribution in [3.8, 4) is 5.75 Å². The zero-order valence-corrected chi connectivity index (χ0v) is 19.2. The Kier molecular flexibility index (Phi) is 5.55. The Morgan fingerprint density at radius 3 is 2.59 bits per heavy atom. The first-order chi connectivity index (χ1) is 16.4. The third-order valence-corrected chi connectivity index (χ3v) is 6.77. The fraction of sp³-hybridized carbons (Fsp3) is 0.0800. The van der Waals surface area contributed by atoms with Crippen molar-refractivity contribution >= 4 is 55.7 Å². The molecule has 4 aromatic rings. The van der Waals surface area contributed by atoms with E-state index in [4.69, 9.17) is 16.3 Å². The Bertz CT molecular complexity index is 1480. The lowest BCUT2D eigenvalue weighted by molar-refractivity contribution is -0.132. The smallest absolute Gasteiger partial charge is 0.301 e. The molecule has 0 spiro atoms. The lowest BCUT2D eigenvalue weighted by Gasteiger charge is -2.23. The lowest BCUT2D eigenvalue weighted by atomic mass is 9.95. The highest BCUT2D eigenvalue weighted by Gasteiger charge is 2.48. The second-order valence-corrected chi connectivity index (χ2v) is 9.01. The number of hydrogen-bond donors (Lipinski definition) is 1. The molecule has 6 nitrogen and oxygen atoms in total. The Morgan fingerprint density at radius 2 is 1.88 bits per heavy atom. The lowest BCUT2D eigenvalue weighted by Crippen LogP contribution is -2.29. The Hall–Kier alpha value is -3.75. The van der Waals surface area contributed by atoms with Crippen molar-refractivity contribution in [1.82, 2.24) is 4.98 Å². The number of aliphatic hydroxyl groups excluding tert-OH is 1. The van der Waals surface area contributed by atoms with E-state index < -0.39 is 23.5 Å². The van der Waals surface area contributed by atoms with E-state index in [2.05, 4.69) is 4.98 Å². The molecule has 1 aliphatic rings. The summed E-state index contributed by atoms with van der Waals surface area (Å²) in [5.74, 6) is -1.90. The first-order valence-corrected chi connectivity index (χ1v) is 11.3. The number of methoxy groups -OCH3 is 1. The monoisotopic (exact) mass is 494 g/mol. The Balaban J connectivity index is 1.72. The number of nitrogens with zero attached hydrogens (tertiary/aromatic N) is 2. The summed E-state index contributed by atoms with van der Waals surface area (Å²) < 4.78 is 19.4. The number of amides is 1. The molecule has 0 aliphatic carbocycles. The number of halogens is 2. The fourth-order valence-corrected chi connectivity index (χ4v) is 5.13. The van der Waals surface area contributed by atoms with Crippen LogP contribution in [-0.4, -0.2) is 28.9 Å². The van der Waals surface area contributed by atoms with Crippen LogP contribution >= 0.6 is 22.9 Å². The van der Waals surface area contributed by atoms with Gasteiger partial charge in [0.05, 0.1) is 28.9 Å². The number of aromatic nitrogens is 1. The predicted molar refractivity (Wildman–Crippen MR) is 129 cm³/mol. The third-order valence-electron chi connectivity index (χ3n) is 5.52. The number of carbonyl (C=O) groups excluding carboxylic acids is 2. The van der Waals surface area contributed by atoms with Crippen molar-refractivity contribution in [2.24, 2.45) is 0 Å². The molecule has 1 saturated heterocycles. The minimum atomic E-state index is -0.980. The van der Waals surface area contributed by atoms with E-state index in [-0.39, 0.29) is 16.5 Å². The zero-order valence-electron chi connectivity index (χ0n) is 17.7. The number of ether oxygens (including phenoxy) is 1. The molecule has 0 radical (unpaired) electrons. The van der Waals surface area contributed by atoms with E-state index in [0.717, 1.165) is 11.3 Å². The Morgan fingerprint density at radius 1 is 1.12 bits per heavy atom. The molecule has 1 aromatic heterocycles. The minimum Gasteiger partial charge on any atom is -0.507 e. The average Bonchev–Trinajstić information content (AvgIpc) is 3.36. The molecule has 9 heteroatoms. The Labute approximate surface area is 202 Å². The van der Waals surface area contributed by atoms with Crippen LogP contribution in [0.1, 0.15) is 17.2 Å².